The maximum Gasteiger partial charge on any atom is 0.246 e. The Balaban J connectivity index is 2.70. The van der Waals surface area contributed by atoms with E-state index in [0.717, 1.165) is 0 Å². The summed E-state index contributed by atoms with van der Waals surface area (Å²) in [5, 5.41) is 30.3. The Hall–Kier alpha value is -0.730. The minimum absolute atomic E-state index is 0.577. The van der Waals surface area contributed by atoms with Crippen molar-refractivity contribution in [3.05, 3.63) is 0 Å². The molecule has 16 heavy (non-hydrogen) atoms. The second-order valence-corrected chi connectivity index (χ2v) is 3.67. The summed E-state index contributed by atoms with van der Waals surface area (Å²) < 4.78 is 9.96. The molecule has 1 amide bonds. The Morgan fingerprint density at radius 2 is 2.12 bits per heavy atom. The molecule has 0 spiro atoms. The van der Waals surface area contributed by atoms with Crippen molar-refractivity contribution in [1.82, 2.24) is 5.32 Å². The minimum atomic E-state index is -1.24. The van der Waals surface area contributed by atoms with Crippen LogP contribution in [0.25, 0.3) is 0 Å². The van der Waals surface area contributed by atoms with Crippen LogP contribution in [0.5, 0.6) is 0 Å². The van der Waals surface area contributed by atoms with E-state index in [1.165, 1.54) is 7.11 Å². The van der Waals surface area contributed by atoms with Gasteiger partial charge in [0.05, 0.1) is 12.1 Å². The zero-order chi connectivity index (χ0) is 12.3. The molecule has 1 saturated heterocycles. The lowest BCUT2D eigenvalue weighted by Gasteiger charge is -2.41. The van der Waals surface area contributed by atoms with Crippen LogP contribution in [0.15, 0.2) is 0 Å². The van der Waals surface area contributed by atoms with E-state index in [0.29, 0.717) is 0 Å². The fourth-order valence-corrected chi connectivity index (χ4v) is 1.72. The van der Waals surface area contributed by atoms with Gasteiger partial charge in [0.15, 0.2) is 6.29 Å². The van der Waals surface area contributed by atoms with Gasteiger partial charge in [0.2, 0.25) is 5.91 Å². The number of ether oxygens (including phenoxy) is 2. The van der Waals surface area contributed by atoms with Crippen molar-refractivity contribution in [1.29, 1.82) is 0 Å². The van der Waals surface area contributed by atoms with Gasteiger partial charge < -0.3 is 30.1 Å². The summed E-state index contributed by atoms with van der Waals surface area (Å²) in [5.41, 5.74) is 0. The Kier molecular flexibility index (Phi) is 4.63. The standard InChI is InChI=1S/C9H17NO6/c1-4-6(10-5(12)3-11)7(13)8(15-2)9(14)16-4/h4,6-9,11,13-14H,3H2,1-2H3,(H,10,12)/t4-,6-,7+,8+,9+/m1/s1. The third-order valence-corrected chi connectivity index (χ3v) is 2.59. The van der Waals surface area contributed by atoms with E-state index in [9.17, 15) is 15.0 Å². The molecule has 0 radical (unpaired) electrons. The molecule has 7 heteroatoms. The predicted molar refractivity (Wildman–Crippen MR) is 52.4 cm³/mol. The third kappa shape index (κ3) is 2.69. The monoisotopic (exact) mass is 235 g/mol. The van der Waals surface area contributed by atoms with Crippen molar-refractivity contribution in [3.63, 3.8) is 0 Å². The summed E-state index contributed by atoms with van der Waals surface area (Å²) in [6.07, 6.45) is -3.84. The second-order valence-electron chi connectivity index (χ2n) is 3.67. The number of hydrogen-bond acceptors (Lipinski definition) is 6. The van der Waals surface area contributed by atoms with Crippen LogP contribution in [0.4, 0.5) is 0 Å². The zero-order valence-corrected chi connectivity index (χ0v) is 9.16. The number of aliphatic hydroxyl groups excluding tert-OH is 3. The van der Waals surface area contributed by atoms with Gasteiger partial charge in [-0.15, -0.1) is 0 Å². The third-order valence-electron chi connectivity index (χ3n) is 2.59. The van der Waals surface area contributed by atoms with Crippen molar-refractivity contribution in [2.45, 2.75) is 37.6 Å². The van der Waals surface area contributed by atoms with E-state index in [1.807, 2.05) is 0 Å². The Labute approximate surface area is 93.0 Å². The Bertz CT molecular complexity index is 248. The lowest BCUT2D eigenvalue weighted by atomic mass is 9.97. The normalized spacial score (nSPS) is 39.4. The first-order valence-corrected chi connectivity index (χ1v) is 4.96. The average Bonchev–Trinajstić information content (AvgIpc) is 2.24. The smallest absolute Gasteiger partial charge is 0.246 e. The molecule has 0 aromatic heterocycles. The highest BCUT2D eigenvalue weighted by molar-refractivity contribution is 5.77. The summed E-state index contributed by atoms with van der Waals surface area (Å²) in [5.74, 6) is -0.620. The number of carbonyl (C=O) groups excluding carboxylic acids is 1. The Morgan fingerprint density at radius 3 is 2.62 bits per heavy atom. The zero-order valence-electron chi connectivity index (χ0n) is 9.16. The first kappa shape index (κ1) is 13.3. The summed E-state index contributed by atoms with van der Waals surface area (Å²) in [7, 11) is 1.32. The fraction of sp³-hybridized carbons (Fsp3) is 0.889. The summed E-state index contributed by atoms with van der Waals surface area (Å²) in [6, 6.07) is -0.729. The van der Waals surface area contributed by atoms with Crippen molar-refractivity contribution >= 4 is 5.91 Å². The van der Waals surface area contributed by atoms with Crippen LogP contribution < -0.4 is 5.32 Å². The molecule has 1 fully saturated rings. The molecular weight excluding hydrogens is 218 g/mol. The molecule has 1 aliphatic heterocycles. The van der Waals surface area contributed by atoms with Gasteiger partial charge in [0, 0.05) is 7.11 Å². The maximum absolute atomic E-state index is 11.0. The van der Waals surface area contributed by atoms with E-state index in [4.69, 9.17) is 14.6 Å². The summed E-state index contributed by atoms with van der Waals surface area (Å²) >= 11 is 0. The van der Waals surface area contributed by atoms with E-state index in [-0.39, 0.29) is 0 Å². The fourth-order valence-electron chi connectivity index (χ4n) is 1.72. The van der Waals surface area contributed by atoms with Crippen molar-refractivity contribution in [2.75, 3.05) is 13.7 Å². The average molecular weight is 235 g/mol. The molecule has 0 unspecified atom stereocenters. The first-order chi connectivity index (χ1) is 7.51. The topological polar surface area (TPSA) is 108 Å². The van der Waals surface area contributed by atoms with Crippen LogP contribution in [-0.4, -0.2) is 65.6 Å². The van der Waals surface area contributed by atoms with Crippen LogP contribution >= 0.6 is 0 Å². The Morgan fingerprint density at radius 1 is 1.50 bits per heavy atom. The van der Waals surface area contributed by atoms with Gasteiger partial charge in [-0.25, -0.2) is 0 Å². The van der Waals surface area contributed by atoms with Crippen LogP contribution in [0.1, 0.15) is 6.92 Å². The number of hydrogen-bond donors (Lipinski definition) is 4. The lowest BCUT2D eigenvalue weighted by molar-refractivity contribution is -0.259. The number of aliphatic hydroxyl groups is 3. The molecular formula is C9H17NO6. The van der Waals surface area contributed by atoms with Crippen molar-refractivity contribution in [2.24, 2.45) is 0 Å². The molecule has 4 N–H and O–H groups in total. The largest absolute Gasteiger partial charge is 0.388 e. The van der Waals surface area contributed by atoms with Gasteiger partial charge >= 0.3 is 0 Å². The number of rotatable bonds is 3. The van der Waals surface area contributed by atoms with Crippen molar-refractivity contribution in [3.8, 4) is 0 Å². The first-order valence-electron chi connectivity index (χ1n) is 4.96. The van der Waals surface area contributed by atoms with E-state index in [2.05, 4.69) is 5.32 Å². The van der Waals surface area contributed by atoms with Gasteiger partial charge in [0.1, 0.15) is 18.8 Å². The van der Waals surface area contributed by atoms with Crippen LogP contribution in [0.2, 0.25) is 0 Å². The molecule has 0 saturated carbocycles. The lowest BCUT2D eigenvalue weighted by Crippen LogP contribution is -2.63. The molecule has 0 bridgehead atoms. The van der Waals surface area contributed by atoms with Crippen molar-refractivity contribution < 1.29 is 29.6 Å². The van der Waals surface area contributed by atoms with Gasteiger partial charge in [-0.05, 0) is 6.92 Å². The number of carbonyl (C=O) groups is 1. The highest BCUT2D eigenvalue weighted by Gasteiger charge is 2.43. The molecule has 0 aliphatic carbocycles. The van der Waals surface area contributed by atoms with E-state index >= 15 is 0 Å². The molecule has 0 aromatic rings. The highest BCUT2D eigenvalue weighted by atomic mass is 16.6. The predicted octanol–water partition coefficient (Wildman–Crippen LogP) is -2.42. The molecule has 94 valence electrons. The van der Waals surface area contributed by atoms with Gasteiger partial charge in [0.25, 0.3) is 0 Å². The molecule has 0 aromatic carbocycles. The maximum atomic E-state index is 11.0. The van der Waals surface area contributed by atoms with E-state index < -0.39 is 43.2 Å². The SMILES string of the molecule is CO[C@H]1[C@@H](O)[C@H](NC(=O)CO)[C@@H](C)O[C@@H]1O. The number of methoxy groups -OCH3 is 1. The molecule has 7 nitrogen and oxygen atoms in total. The van der Waals surface area contributed by atoms with Crippen LogP contribution in [-0.2, 0) is 14.3 Å². The van der Waals surface area contributed by atoms with Gasteiger partial charge in [-0.3, -0.25) is 4.79 Å². The second kappa shape index (κ2) is 5.55. The molecule has 5 atom stereocenters. The number of amides is 1. The number of nitrogens with one attached hydrogen (secondary N) is 1. The quantitative estimate of drug-likeness (QED) is 0.433. The summed E-state index contributed by atoms with van der Waals surface area (Å²) in [4.78, 5) is 11.0. The summed E-state index contributed by atoms with van der Waals surface area (Å²) in [6.45, 7) is 0.927. The minimum Gasteiger partial charge on any atom is -0.388 e. The van der Waals surface area contributed by atoms with Crippen LogP contribution in [0.3, 0.4) is 0 Å². The molecule has 1 rings (SSSR count). The highest BCUT2D eigenvalue weighted by Crippen LogP contribution is 2.21. The van der Waals surface area contributed by atoms with E-state index in [1.54, 1.807) is 6.92 Å². The van der Waals surface area contributed by atoms with Gasteiger partial charge in [-0.2, -0.15) is 0 Å². The molecule has 1 heterocycles. The van der Waals surface area contributed by atoms with Crippen LogP contribution in [0, 0.1) is 0 Å². The van der Waals surface area contributed by atoms with Gasteiger partial charge in [-0.1, -0.05) is 0 Å². The molecule has 1 aliphatic rings.